The Morgan fingerprint density at radius 3 is 2.63 bits per heavy atom. The number of halogens is 1. The predicted molar refractivity (Wildman–Crippen MR) is 115 cm³/mol. The number of rotatable bonds is 5. The Morgan fingerprint density at radius 2 is 1.83 bits per heavy atom. The number of sulfonamides is 1. The van der Waals surface area contributed by atoms with E-state index in [0.717, 1.165) is 0 Å². The molecule has 0 fully saturated rings. The van der Waals surface area contributed by atoms with E-state index < -0.39 is 15.9 Å². The minimum atomic E-state index is -3.93. The summed E-state index contributed by atoms with van der Waals surface area (Å²) in [4.78, 5) is 16.8. The van der Waals surface area contributed by atoms with Gasteiger partial charge < -0.3 is 9.73 Å². The van der Waals surface area contributed by atoms with E-state index in [1.54, 1.807) is 49.4 Å². The van der Waals surface area contributed by atoms with E-state index in [-0.39, 0.29) is 21.2 Å². The number of amides is 1. The molecule has 0 saturated heterocycles. The highest BCUT2D eigenvalue weighted by Gasteiger charge is 2.18. The summed E-state index contributed by atoms with van der Waals surface area (Å²) in [5, 5.41) is 3.01. The summed E-state index contributed by atoms with van der Waals surface area (Å²) in [6.07, 6.45) is 0. The van der Waals surface area contributed by atoms with E-state index in [9.17, 15) is 13.2 Å². The summed E-state index contributed by atoms with van der Waals surface area (Å²) >= 11 is 6.03. The maximum Gasteiger partial charge on any atom is 0.261 e. The molecule has 1 aromatic heterocycles. The molecule has 0 saturated carbocycles. The number of aromatic nitrogens is 1. The molecule has 0 spiro atoms. The quantitative estimate of drug-likeness (QED) is 0.461. The topological polar surface area (TPSA) is 101 Å². The van der Waals surface area contributed by atoms with E-state index in [0.29, 0.717) is 22.7 Å². The standard InChI is InChI=1S/C21H16ClN3O4S/c1-13-23-19-12-15(9-10-20(19)29-13)24-21(26)14-5-4-6-16(11-14)30(27,28)25-18-8-3-2-7-17(18)22/h2-12,25H,1H3,(H,24,26). The van der Waals surface area contributed by atoms with Gasteiger partial charge in [-0.25, -0.2) is 13.4 Å². The monoisotopic (exact) mass is 441 g/mol. The maximum atomic E-state index is 12.7. The first-order valence-electron chi connectivity index (χ1n) is 8.88. The number of oxazole rings is 1. The fourth-order valence-corrected chi connectivity index (χ4v) is 4.24. The molecule has 0 unspecified atom stereocenters. The van der Waals surface area contributed by atoms with Gasteiger partial charge in [-0.15, -0.1) is 0 Å². The van der Waals surface area contributed by atoms with E-state index >= 15 is 0 Å². The normalized spacial score (nSPS) is 11.4. The second-order valence-electron chi connectivity index (χ2n) is 6.48. The van der Waals surface area contributed by atoms with Crippen molar-refractivity contribution < 1.29 is 17.6 Å². The Morgan fingerprint density at radius 1 is 1.03 bits per heavy atom. The van der Waals surface area contributed by atoms with Crippen LogP contribution in [0.15, 0.2) is 76.0 Å². The zero-order valence-electron chi connectivity index (χ0n) is 15.7. The number of hydrogen-bond acceptors (Lipinski definition) is 5. The molecule has 9 heteroatoms. The zero-order chi connectivity index (χ0) is 21.3. The summed E-state index contributed by atoms with van der Waals surface area (Å²) in [6, 6.07) is 17.3. The Bertz CT molecular complexity index is 1370. The first-order chi connectivity index (χ1) is 14.3. The van der Waals surface area contributed by atoms with Gasteiger partial charge in [0.15, 0.2) is 11.5 Å². The summed E-state index contributed by atoms with van der Waals surface area (Å²) < 4.78 is 33.3. The van der Waals surface area contributed by atoms with Crippen LogP contribution in [0, 0.1) is 6.92 Å². The number of fused-ring (bicyclic) bond motifs is 1. The second-order valence-corrected chi connectivity index (χ2v) is 8.57. The van der Waals surface area contributed by atoms with Crippen molar-refractivity contribution in [2.24, 2.45) is 0 Å². The molecule has 2 N–H and O–H groups in total. The first-order valence-corrected chi connectivity index (χ1v) is 10.7. The highest BCUT2D eigenvalue weighted by atomic mass is 35.5. The molecule has 4 aromatic rings. The van der Waals surface area contributed by atoms with Gasteiger partial charge in [0.25, 0.3) is 15.9 Å². The lowest BCUT2D eigenvalue weighted by Gasteiger charge is -2.11. The lowest BCUT2D eigenvalue weighted by Crippen LogP contribution is -2.16. The smallest absolute Gasteiger partial charge is 0.261 e. The highest BCUT2D eigenvalue weighted by Crippen LogP contribution is 2.25. The van der Waals surface area contributed by atoms with Gasteiger partial charge in [0.2, 0.25) is 0 Å². The number of para-hydroxylation sites is 1. The minimum Gasteiger partial charge on any atom is -0.441 e. The summed E-state index contributed by atoms with van der Waals surface area (Å²) in [7, 11) is -3.93. The average molecular weight is 442 g/mol. The maximum absolute atomic E-state index is 12.7. The second kappa shape index (κ2) is 7.81. The van der Waals surface area contributed by atoms with Crippen LogP contribution in [0.2, 0.25) is 5.02 Å². The Balaban J connectivity index is 1.57. The number of nitrogens with zero attached hydrogens (tertiary/aromatic N) is 1. The first kappa shape index (κ1) is 19.9. The van der Waals surface area contributed by atoms with Crippen molar-refractivity contribution in [2.75, 3.05) is 10.0 Å². The molecule has 0 atom stereocenters. The van der Waals surface area contributed by atoms with Crippen LogP contribution in [-0.2, 0) is 10.0 Å². The third-order valence-corrected chi connectivity index (χ3v) is 5.97. The summed E-state index contributed by atoms with van der Waals surface area (Å²) in [6.45, 7) is 1.74. The fourth-order valence-electron chi connectivity index (χ4n) is 2.88. The molecule has 30 heavy (non-hydrogen) atoms. The number of carbonyl (C=O) groups is 1. The van der Waals surface area contributed by atoms with Crippen LogP contribution in [0.5, 0.6) is 0 Å². The van der Waals surface area contributed by atoms with Gasteiger partial charge in [0, 0.05) is 18.2 Å². The largest absolute Gasteiger partial charge is 0.441 e. The van der Waals surface area contributed by atoms with Crippen LogP contribution >= 0.6 is 11.6 Å². The van der Waals surface area contributed by atoms with E-state index in [1.165, 1.54) is 24.3 Å². The summed E-state index contributed by atoms with van der Waals surface area (Å²) in [5.41, 5.74) is 2.19. The molecule has 0 aliphatic rings. The lowest BCUT2D eigenvalue weighted by atomic mass is 10.2. The van der Waals surface area contributed by atoms with Gasteiger partial charge in [-0.3, -0.25) is 9.52 Å². The van der Waals surface area contributed by atoms with Gasteiger partial charge in [-0.1, -0.05) is 29.8 Å². The predicted octanol–water partition coefficient (Wildman–Crippen LogP) is 4.84. The van der Waals surface area contributed by atoms with Crippen LogP contribution in [0.25, 0.3) is 11.1 Å². The van der Waals surface area contributed by atoms with Crippen LogP contribution in [0.1, 0.15) is 16.2 Å². The van der Waals surface area contributed by atoms with Crippen molar-refractivity contribution in [1.29, 1.82) is 0 Å². The molecule has 0 aliphatic heterocycles. The minimum absolute atomic E-state index is 0.0577. The van der Waals surface area contributed by atoms with E-state index in [4.69, 9.17) is 16.0 Å². The number of carbonyl (C=O) groups excluding carboxylic acids is 1. The molecule has 4 rings (SSSR count). The molecule has 0 radical (unpaired) electrons. The number of aryl methyl sites for hydroxylation is 1. The molecule has 7 nitrogen and oxygen atoms in total. The van der Waals surface area contributed by atoms with Crippen molar-refractivity contribution in [3.8, 4) is 0 Å². The van der Waals surface area contributed by atoms with Gasteiger partial charge in [-0.05, 0) is 48.5 Å². The molecule has 152 valence electrons. The third kappa shape index (κ3) is 4.14. The van der Waals surface area contributed by atoms with Gasteiger partial charge in [-0.2, -0.15) is 0 Å². The fraction of sp³-hybridized carbons (Fsp3) is 0.0476. The molecular formula is C21H16ClN3O4S. The van der Waals surface area contributed by atoms with Crippen LogP contribution in [-0.4, -0.2) is 19.3 Å². The Labute approximate surface area is 177 Å². The van der Waals surface area contributed by atoms with Gasteiger partial charge in [0.1, 0.15) is 5.52 Å². The Hall–Kier alpha value is -3.36. The number of nitrogens with one attached hydrogen (secondary N) is 2. The molecule has 1 heterocycles. The van der Waals surface area contributed by atoms with Crippen molar-refractivity contribution in [3.63, 3.8) is 0 Å². The van der Waals surface area contributed by atoms with Crippen molar-refractivity contribution >= 4 is 50.0 Å². The van der Waals surface area contributed by atoms with Gasteiger partial charge >= 0.3 is 0 Å². The van der Waals surface area contributed by atoms with Crippen molar-refractivity contribution in [3.05, 3.63) is 83.2 Å². The zero-order valence-corrected chi connectivity index (χ0v) is 17.3. The van der Waals surface area contributed by atoms with Crippen LogP contribution in [0.4, 0.5) is 11.4 Å². The number of anilines is 2. The van der Waals surface area contributed by atoms with Crippen LogP contribution in [0.3, 0.4) is 0 Å². The van der Waals surface area contributed by atoms with E-state index in [1.807, 2.05) is 0 Å². The Kier molecular flexibility index (Phi) is 5.19. The molecule has 3 aromatic carbocycles. The molecule has 1 amide bonds. The van der Waals surface area contributed by atoms with Crippen LogP contribution < -0.4 is 10.0 Å². The molecule has 0 bridgehead atoms. The van der Waals surface area contributed by atoms with Gasteiger partial charge in [0.05, 0.1) is 15.6 Å². The van der Waals surface area contributed by atoms with Crippen molar-refractivity contribution in [1.82, 2.24) is 4.98 Å². The number of benzene rings is 3. The third-order valence-electron chi connectivity index (χ3n) is 4.28. The average Bonchev–Trinajstić information content (AvgIpc) is 3.09. The summed E-state index contributed by atoms with van der Waals surface area (Å²) in [5.74, 6) is 0.0711. The highest BCUT2D eigenvalue weighted by molar-refractivity contribution is 7.92. The molecular weight excluding hydrogens is 426 g/mol. The SMILES string of the molecule is Cc1nc2cc(NC(=O)c3cccc(S(=O)(=O)Nc4ccccc4Cl)c3)ccc2o1. The van der Waals surface area contributed by atoms with E-state index in [2.05, 4.69) is 15.0 Å². The van der Waals surface area contributed by atoms with Crippen molar-refractivity contribution in [2.45, 2.75) is 11.8 Å². The number of hydrogen-bond donors (Lipinski definition) is 2. The molecule has 0 aliphatic carbocycles. The lowest BCUT2D eigenvalue weighted by molar-refractivity contribution is 0.102.